The van der Waals surface area contributed by atoms with Crippen molar-refractivity contribution in [1.82, 2.24) is 10.9 Å². The van der Waals surface area contributed by atoms with Gasteiger partial charge in [-0.05, 0) is 60.9 Å². The minimum Gasteiger partial charge on any atom is -0.494 e. The first-order chi connectivity index (χ1) is 18.5. The van der Waals surface area contributed by atoms with E-state index in [1.807, 2.05) is 72.8 Å². The summed E-state index contributed by atoms with van der Waals surface area (Å²) in [5.74, 6) is 0.842. The lowest BCUT2D eigenvalue weighted by Gasteiger charge is -2.31. The predicted octanol–water partition coefficient (Wildman–Crippen LogP) is 5.26. The third kappa shape index (κ3) is 6.12. The van der Waals surface area contributed by atoms with Crippen molar-refractivity contribution in [3.63, 3.8) is 0 Å². The van der Waals surface area contributed by atoms with E-state index in [1.165, 1.54) is 0 Å². The molecule has 1 heterocycles. The van der Waals surface area contributed by atoms with E-state index >= 15 is 0 Å². The molecule has 3 aromatic carbocycles. The van der Waals surface area contributed by atoms with Crippen molar-refractivity contribution in [2.24, 2.45) is 4.99 Å². The summed E-state index contributed by atoms with van der Waals surface area (Å²) < 4.78 is 14.0. The number of amides is 1. The number of aliphatic hydroxyl groups is 1. The van der Waals surface area contributed by atoms with Gasteiger partial charge in [0.15, 0.2) is 11.6 Å². The number of halogens is 2. The summed E-state index contributed by atoms with van der Waals surface area (Å²) in [6.07, 6.45) is 2.30. The highest BCUT2D eigenvalue weighted by atomic mass is 79.9. The molecule has 198 valence electrons. The number of benzene rings is 3. The standard InChI is InChI=1S/C29H29Br2N3O4/c30-21-10-6-19(7-11-21)18-29(28(36)34-33-22-12-13-22)26(24-4-1-2-5-25(24)31)38-27(32-29)20-8-14-23(15-9-20)37-17-3-16-35/h1-2,4-11,14-15,22,26,33,35H,3,12-13,16-18H2,(H,34,36)/t26-,29-/m0/s1. The van der Waals surface area contributed by atoms with E-state index in [0.717, 1.165) is 38.5 Å². The van der Waals surface area contributed by atoms with E-state index in [0.29, 0.717) is 31.1 Å². The fourth-order valence-electron chi connectivity index (χ4n) is 4.36. The Kier molecular flexibility index (Phi) is 8.48. The van der Waals surface area contributed by atoms with Crippen LogP contribution < -0.4 is 15.6 Å². The molecule has 2 atom stereocenters. The maximum atomic E-state index is 14.0. The highest BCUT2D eigenvalue weighted by molar-refractivity contribution is 9.10. The fraction of sp³-hybridized carbons (Fsp3) is 0.310. The fourth-order valence-corrected chi connectivity index (χ4v) is 5.12. The van der Waals surface area contributed by atoms with E-state index < -0.39 is 11.6 Å². The number of nitrogens with zero attached hydrogens (tertiary/aromatic N) is 1. The van der Waals surface area contributed by atoms with Crippen LogP contribution in [0.4, 0.5) is 0 Å². The molecule has 0 saturated heterocycles. The Morgan fingerprint density at radius 1 is 1.05 bits per heavy atom. The summed E-state index contributed by atoms with van der Waals surface area (Å²) in [6, 6.07) is 23.4. The maximum absolute atomic E-state index is 14.0. The molecular formula is C29H29Br2N3O4. The molecule has 1 fully saturated rings. The van der Waals surface area contributed by atoms with E-state index in [4.69, 9.17) is 19.6 Å². The number of carbonyl (C=O) groups excluding carboxylic acids is 1. The van der Waals surface area contributed by atoms with E-state index in [2.05, 4.69) is 42.7 Å². The van der Waals surface area contributed by atoms with E-state index in [9.17, 15) is 4.79 Å². The van der Waals surface area contributed by atoms with Crippen LogP contribution in [-0.4, -0.2) is 41.7 Å². The summed E-state index contributed by atoms with van der Waals surface area (Å²) in [5.41, 5.74) is 7.39. The minimum atomic E-state index is -1.26. The van der Waals surface area contributed by atoms with Crippen molar-refractivity contribution < 1.29 is 19.4 Å². The molecule has 5 rings (SSSR count). The zero-order chi connectivity index (χ0) is 26.5. The molecule has 1 aliphatic carbocycles. The van der Waals surface area contributed by atoms with Crippen molar-refractivity contribution >= 4 is 43.7 Å². The van der Waals surface area contributed by atoms with Gasteiger partial charge in [-0.25, -0.2) is 10.4 Å². The number of nitrogens with one attached hydrogen (secondary N) is 2. The Morgan fingerprint density at radius 2 is 1.79 bits per heavy atom. The lowest BCUT2D eigenvalue weighted by atomic mass is 9.82. The molecular weight excluding hydrogens is 614 g/mol. The van der Waals surface area contributed by atoms with Crippen LogP contribution in [0.25, 0.3) is 0 Å². The highest BCUT2D eigenvalue weighted by Crippen LogP contribution is 2.44. The first-order valence-electron chi connectivity index (χ1n) is 12.6. The third-order valence-electron chi connectivity index (χ3n) is 6.57. The molecule has 0 bridgehead atoms. The molecule has 7 nitrogen and oxygen atoms in total. The van der Waals surface area contributed by atoms with Gasteiger partial charge in [0.2, 0.25) is 5.90 Å². The van der Waals surface area contributed by atoms with Crippen LogP contribution in [0.5, 0.6) is 5.75 Å². The molecule has 1 amide bonds. The number of hydrazine groups is 1. The van der Waals surface area contributed by atoms with Crippen LogP contribution >= 0.6 is 31.9 Å². The molecule has 0 aromatic heterocycles. The average molecular weight is 643 g/mol. The predicted molar refractivity (Wildman–Crippen MR) is 153 cm³/mol. The van der Waals surface area contributed by atoms with Crippen LogP contribution in [0.15, 0.2) is 86.7 Å². The number of aliphatic imine (C=N–C) groups is 1. The van der Waals surface area contributed by atoms with Crippen LogP contribution in [0.1, 0.15) is 42.1 Å². The zero-order valence-corrected chi connectivity index (χ0v) is 23.9. The van der Waals surface area contributed by atoms with Gasteiger partial charge in [0.1, 0.15) is 5.75 Å². The second-order valence-corrected chi connectivity index (χ2v) is 11.3. The van der Waals surface area contributed by atoms with Gasteiger partial charge in [0, 0.05) is 45.6 Å². The Balaban J connectivity index is 1.54. The summed E-state index contributed by atoms with van der Waals surface area (Å²) in [7, 11) is 0. The number of ether oxygens (including phenoxy) is 2. The lowest BCUT2D eigenvalue weighted by Crippen LogP contribution is -2.54. The highest BCUT2D eigenvalue weighted by Gasteiger charge is 2.54. The zero-order valence-electron chi connectivity index (χ0n) is 20.7. The van der Waals surface area contributed by atoms with Gasteiger partial charge >= 0.3 is 0 Å². The van der Waals surface area contributed by atoms with Crippen molar-refractivity contribution in [2.45, 2.75) is 43.4 Å². The first kappa shape index (κ1) is 26.9. The van der Waals surface area contributed by atoms with Gasteiger partial charge in [-0.15, -0.1) is 0 Å². The van der Waals surface area contributed by atoms with Gasteiger partial charge in [-0.1, -0.05) is 62.2 Å². The number of carbonyl (C=O) groups is 1. The minimum absolute atomic E-state index is 0.0806. The third-order valence-corrected chi connectivity index (χ3v) is 7.82. The molecule has 3 N–H and O–H groups in total. The summed E-state index contributed by atoms with van der Waals surface area (Å²) in [5, 5.41) is 9.00. The van der Waals surface area contributed by atoms with Gasteiger partial charge < -0.3 is 14.6 Å². The van der Waals surface area contributed by atoms with Gasteiger partial charge in [0.25, 0.3) is 5.91 Å². The molecule has 2 aliphatic rings. The Morgan fingerprint density at radius 3 is 2.47 bits per heavy atom. The maximum Gasteiger partial charge on any atom is 0.266 e. The van der Waals surface area contributed by atoms with Crippen LogP contribution in [0.2, 0.25) is 0 Å². The van der Waals surface area contributed by atoms with Crippen molar-refractivity contribution in [3.05, 3.63) is 98.4 Å². The second kappa shape index (κ2) is 12.0. The lowest BCUT2D eigenvalue weighted by molar-refractivity contribution is -0.130. The molecule has 3 aromatic rings. The largest absolute Gasteiger partial charge is 0.494 e. The number of hydrogen-bond donors (Lipinski definition) is 3. The monoisotopic (exact) mass is 641 g/mol. The van der Waals surface area contributed by atoms with Gasteiger partial charge in [-0.3, -0.25) is 10.2 Å². The summed E-state index contributed by atoms with van der Waals surface area (Å²) in [6.45, 7) is 0.513. The molecule has 1 aliphatic heterocycles. The normalized spacial score (nSPS) is 20.5. The van der Waals surface area contributed by atoms with E-state index in [-0.39, 0.29) is 18.6 Å². The summed E-state index contributed by atoms with van der Waals surface area (Å²) in [4.78, 5) is 19.1. The second-order valence-electron chi connectivity index (χ2n) is 9.49. The Labute approximate surface area is 238 Å². The van der Waals surface area contributed by atoms with Crippen LogP contribution in [0, 0.1) is 0 Å². The van der Waals surface area contributed by atoms with Crippen LogP contribution in [-0.2, 0) is 16.0 Å². The van der Waals surface area contributed by atoms with E-state index in [1.54, 1.807) is 0 Å². The first-order valence-corrected chi connectivity index (χ1v) is 14.2. The Hall–Kier alpha value is -2.72. The average Bonchev–Trinajstić information content (AvgIpc) is 3.69. The SMILES string of the molecule is O=C(NNC1CC1)[C@@]1(Cc2ccc(Br)cc2)N=C(c2ccc(OCCCO)cc2)O[C@H]1c1ccccc1Br. The van der Waals surface area contributed by atoms with Gasteiger partial charge in [-0.2, -0.15) is 0 Å². The van der Waals surface area contributed by atoms with Crippen molar-refractivity contribution in [3.8, 4) is 5.75 Å². The molecule has 0 radical (unpaired) electrons. The van der Waals surface area contributed by atoms with Gasteiger partial charge in [0.05, 0.1) is 6.61 Å². The molecule has 38 heavy (non-hydrogen) atoms. The number of hydrogen-bond acceptors (Lipinski definition) is 6. The van der Waals surface area contributed by atoms with Crippen molar-refractivity contribution in [2.75, 3.05) is 13.2 Å². The molecule has 0 spiro atoms. The quantitative estimate of drug-likeness (QED) is 0.196. The van der Waals surface area contributed by atoms with Crippen molar-refractivity contribution in [1.29, 1.82) is 0 Å². The Bertz CT molecular complexity index is 1300. The van der Waals surface area contributed by atoms with Crippen LogP contribution in [0.3, 0.4) is 0 Å². The molecule has 1 saturated carbocycles. The summed E-state index contributed by atoms with van der Waals surface area (Å²) >= 11 is 7.17. The number of aliphatic hydroxyl groups excluding tert-OH is 1. The topological polar surface area (TPSA) is 92.2 Å². The molecule has 0 unspecified atom stereocenters. The number of rotatable bonds is 11. The smallest absolute Gasteiger partial charge is 0.266 e. The molecule has 9 heteroatoms.